The standard InChI is InChI=1S/C18H18F2O2/c1-13(2)17(21)22-18(7-4-3-5-8-18)9-6-14-10-15(19)12-16(20)11-14/h10-12H,1,3-5,7-8H2,2H3. The predicted octanol–water partition coefficient (Wildman–Crippen LogP) is 4.14. The van der Waals surface area contributed by atoms with E-state index in [9.17, 15) is 13.6 Å². The van der Waals surface area contributed by atoms with E-state index in [0.717, 1.165) is 37.5 Å². The maximum absolute atomic E-state index is 13.2. The number of hydrogen-bond acceptors (Lipinski definition) is 2. The summed E-state index contributed by atoms with van der Waals surface area (Å²) in [5.74, 6) is 3.82. The van der Waals surface area contributed by atoms with Gasteiger partial charge in [0.1, 0.15) is 11.6 Å². The van der Waals surface area contributed by atoms with Crippen molar-refractivity contribution in [2.75, 3.05) is 0 Å². The highest BCUT2D eigenvalue weighted by molar-refractivity contribution is 5.87. The van der Waals surface area contributed by atoms with Crippen LogP contribution >= 0.6 is 0 Å². The molecule has 2 rings (SSSR count). The van der Waals surface area contributed by atoms with Crippen LogP contribution in [-0.2, 0) is 9.53 Å². The Morgan fingerprint density at radius 1 is 1.18 bits per heavy atom. The Labute approximate surface area is 129 Å². The average molecular weight is 304 g/mol. The monoisotopic (exact) mass is 304 g/mol. The van der Waals surface area contributed by atoms with Crippen molar-refractivity contribution in [2.45, 2.75) is 44.6 Å². The molecular weight excluding hydrogens is 286 g/mol. The minimum Gasteiger partial charge on any atom is -0.442 e. The molecule has 1 saturated carbocycles. The average Bonchev–Trinajstić information content (AvgIpc) is 2.45. The molecule has 0 unspecified atom stereocenters. The minimum atomic E-state index is -0.892. The van der Waals surface area contributed by atoms with E-state index in [1.165, 1.54) is 0 Å². The summed E-state index contributed by atoms with van der Waals surface area (Å²) in [6.45, 7) is 5.15. The lowest BCUT2D eigenvalue weighted by Gasteiger charge is -2.32. The molecule has 1 fully saturated rings. The van der Waals surface area contributed by atoms with Gasteiger partial charge >= 0.3 is 5.97 Å². The molecule has 1 aliphatic rings. The van der Waals surface area contributed by atoms with E-state index in [1.54, 1.807) is 6.92 Å². The minimum absolute atomic E-state index is 0.230. The predicted molar refractivity (Wildman–Crippen MR) is 80.0 cm³/mol. The molecule has 0 bridgehead atoms. The summed E-state index contributed by atoms with van der Waals surface area (Å²) in [6, 6.07) is 3.11. The molecule has 0 atom stereocenters. The molecule has 0 radical (unpaired) electrons. The van der Waals surface area contributed by atoms with Crippen LogP contribution in [-0.4, -0.2) is 11.6 Å². The first-order chi connectivity index (χ1) is 10.4. The van der Waals surface area contributed by atoms with Crippen molar-refractivity contribution in [3.05, 3.63) is 47.5 Å². The molecule has 0 saturated heterocycles. The molecule has 0 amide bonds. The van der Waals surface area contributed by atoms with Gasteiger partial charge in [-0.2, -0.15) is 0 Å². The smallest absolute Gasteiger partial charge is 0.334 e. The Balaban J connectivity index is 2.29. The Kier molecular flexibility index (Phi) is 4.97. The highest BCUT2D eigenvalue weighted by Gasteiger charge is 2.34. The van der Waals surface area contributed by atoms with Crippen molar-refractivity contribution in [3.63, 3.8) is 0 Å². The summed E-state index contributed by atoms with van der Waals surface area (Å²) in [5.41, 5.74) is -0.353. The summed E-state index contributed by atoms with van der Waals surface area (Å²) >= 11 is 0. The fourth-order valence-corrected chi connectivity index (χ4v) is 2.45. The van der Waals surface area contributed by atoms with Crippen molar-refractivity contribution in [2.24, 2.45) is 0 Å². The summed E-state index contributed by atoms with van der Waals surface area (Å²) in [6.07, 6.45) is 4.10. The van der Waals surface area contributed by atoms with Gasteiger partial charge in [0.05, 0.1) is 0 Å². The zero-order valence-corrected chi connectivity index (χ0v) is 12.5. The zero-order chi connectivity index (χ0) is 16.2. The Hall–Kier alpha value is -2.15. The van der Waals surface area contributed by atoms with Crippen LogP contribution in [0.15, 0.2) is 30.4 Å². The van der Waals surface area contributed by atoms with E-state index < -0.39 is 23.2 Å². The number of carbonyl (C=O) groups is 1. The second-order valence-electron chi connectivity index (χ2n) is 5.63. The molecule has 116 valence electrons. The normalized spacial score (nSPS) is 16.3. The van der Waals surface area contributed by atoms with Gasteiger partial charge in [0.25, 0.3) is 0 Å². The molecule has 22 heavy (non-hydrogen) atoms. The van der Waals surface area contributed by atoms with Crippen molar-refractivity contribution in [1.82, 2.24) is 0 Å². The lowest BCUT2D eigenvalue weighted by atomic mass is 9.85. The number of rotatable bonds is 2. The maximum Gasteiger partial charge on any atom is 0.334 e. The molecule has 2 nitrogen and oxygen atoms in total. The quantitative estimate of drug-likeness (QED) is 0.466. The van der Waals surface area contributed by atoms with Gasteiger partial charge in [0.15, 0.2) is 5.60 Å². The van der Waals surface area contributed by atoms with Gasteiger partial charge in [-0.3, -0.25) is 0 Å². The second kappa shape index (κ2) is 6.74. The number of esters is 1. The molecule has 1 aromatic rings. The van der Waals surface area contributed by atoms with E-state index >= 15 is 0 Å². The van der Waals surface area contributed by atoms with Crippen LogP contribution in [0.25, 0.3) is 0 Å². The molecule has 1 aliphatic carbocycles. The van der Waals surface area contributed by atoms with Gasteiger partial charge in [-0.05, 0) is 50.7 Å². The summed E-state index contributed by atoms with van der Waals surface area (Å²) in [5, 5.41) is 0. The van der Waals surface area contributed by atoms with Crippen molar-refractivity contribution in [3.8, 4) is 11.8 Å². The molecule has 0 aromatic heterocycles. The molecular formula is C18H18F2O2. The number of halogens is 2. The fraction of sp³-hybridized carbons (Fsp3) is 0.389. The van der Waals surface area contributed by atoms with Crippen LogP contribution in [0.3, 0.4) is 0 Å². The van der Waals surface area contributed by atoms with E-state index in [4.69, 9.17) is 4.74 Å². The summed E-state index contributed by atoms with van der Waals surface area (Å²) < 4.78 is 31.9. The van der Waals surface area contributed by atoms with Crippen LogP contribution in [0, 0.1) is 23.5 Å². The Morgan fingerprint density at radius 3 is 2.32 bits per heavy atom. The van der Waals surface area contributed by atoms with Gasteiger partial charge in [0.2, 0.25) is 0 Å². The first kappa shape index (κ1) is 16.2. The van der Waals surface area contributed by atoms with Crippen molar-refractivity contribution < 1.29 is 18.3 Å². The van der Waals surface area contributed by atoms with E-state index in [-0.39, 0.29) is 5.56 Å². The number of carbonyl (C=O) groups excluding carboxylic acids is 1. The van der Waals surface area contributed by atoms with Crippen LogP contribution in [0.4, 0.5) is 8.78 Å². The van der Waals surface area contributed by atoms with Crippen LogP contribution < -0.4 is 0 Å². The third kappa shape index (κ3) is 4.17. The van der Waals surface area contributed by atoms with Crippen molar-refractivity contribution >= 4 is 5.97 Å². The first-order valence-electron chi connectivity index (χ1n) is 7.28. The second-order valence-corrected chi connectivity index (χ2v) is 5.63. The van der Waals surface area contributed by atoms with E-state index in [1.807, 2.05) is 0 Å². The zero-order valence-electron chi connectivity index (χ0n) is 12.5. The number of ether oxygens (including phenoxy) is 1. The lowest BCUT2D eigenvalue weighted by Crippen LogP contribution is -2.36. The van der Waals surface area contributed by atoms with Crippen molar-refractivity contribution in [1.29, 1.82) is 0 Å². The van der Waals surface area contributed by atoms with Gasteiger partial charge in [-0.1, -0.05) is 18.9 Å². The summed E-state index contributed by atoms with van der Waals surface area (Å²) in [4.78, 5) is 11.8. The SMILES string of the molecule is C=C(C)C(=O)OC1(C#Cc2cc(F)cc(F)c2)CCCCC1. The number of hydrogen-bond donors (Lipinski definition) is 0. The summed E-state index contributed by atoms with van der Waals surface area (Å²) in [7, 11) is 0. The van der Waals surface area contributed by atoms with Gasteiger partial charge < -0.3 is 4.74 Å². The molecule has 0 spiro atoms. The van der Waals surface area contributed by atoms with Crippen LogP contribution in [0.5, 0.6) is 0 Å². The largest absolute Gasteiger partial charge is 0.442 e. The maximum atomic E-state index is 13.2. The molecule has 4 heteroatoms. The molecule has 0 heterocycles. The Morgan fingerprint density at radius 2 is 1.77 bits per heavy atom. The van der Waals surface area contributed by atoms with Gasteiger partial charge in [0, 0.05) is 17.2 Å². The molecule has 0 N–H and O–H groups in total. The lowest BCUT2D eigenvalue weighted by molar-refractivity contribution is -0.151. The highest BCUT2D eigenvalue weighted by Crippen LogP contribution is 2.32. The molecule has 0 aliphatic heterocycles. The first-order valence-corrected chi connectivity index (χ1v) is 7.28. The van der Waals surface area contributed by atoms with Gasteiger partial charge in [-0.15, -0.1) is 0 Å². The van der Waals surface area contributed by atoms with E-state index in [2.05, 4.69) is 18.4 Å². The fourth-order valence-electron chi connectivity index (χ4n) is 2.45. The number of benzene rings is 1. The van der Waals surface area contributed by atoms with Crippen LogP contribution in [0.1, 0.15) is 44.6 Å². The van der Waals surface area contributed by atoms with E-state index in [0.29, 0.717) is 18.4 Å². The topological polar surface area (TPSA) is 26.3 Å². The highest BCUT2D eigenvalue weighted by atomic mass is 19.1. The van der Waals surface area contributed by atoms with Crippen LogP contribution in [0.2, 0.25) is 0 Å². The van der Waals surface area contributed by atoms with Gasteiger partial charge in [-0.25, -0.2) is 13.6 Å². The third-order valence-electron chi connectivity index (χ3n) is 3.59. The third-order valence-corrected chi connectivity index (χ3v) is 3.59. The Bertz CT molecular complexity index is 627. The molecule has 1 aromatic carbocycles.